The number of nitrogens with zero attached hydrogens (tertiary/aromatic N) is 1. The zero-order valence-electron chi connectivity index (χ0n) is 18.8. The van der Waals surface area contributed by atoms with Crippen LogP contribution in [-0.4, -0.2) is 23.4 Å². The molecule has 1 aliphatic rings. The van der Waals surface area contributed by atoms with E-state index < -0.39 is 12.1 Å². The van der Waals surface area contributed by atoms with Gasteiger partial charge in [0.05, 0.1) is 5.56 Å². The Kier molecular flexibility index (Phi) is 6.56. The van der Waals surface area contributed by atoms with Crippen LogP contribution in [0.1, 0.15) is 53.0 Å². The number of ether oxygens (including phenoxy) is 1. The number of amides is 2. The van der Waals surface area contributed by atoms with Gasteiger partial charge in [0.15, 0.2) is 6.61 Å². The number of hydrogen-bond donors (Lipinski definition) is 2. The van der Waals surface area contributed by atoms with Crippen LogP contribution in [-0.2, 0) is 4.79 Å². The first kappa shape index (κ1) is 22.7. The maximum atomic E-state index is 13.3. The van der Waals surface area contributed by atoms with Gasteiger partial charge in [-0.1, -0.05) is 61.8 Å². The van der Waals surface area contributed by atoms with Gasteiger partial charge in [0.2, 0.25) is 0 Å². The molecule has 4 rings (SSSR count). The van der Waals surface area contributed by atoms with E-state index in [1.165, 1.54) is 10.6 Å². The predicted molar refractivity (Wildman–Crippen MR) is 129 cm³/mol. The van der Waals surface area contributed by atoms with E-state index in [9.17, 15) is 9.59 Å². The highest BCUT2D eigenvalue weighted by atomic mass is 35.5. The standard InChI is InChI=1S/C26H26ClN3O3/c1-16(2)18-8-10-19(11-9-18)25-28-22-7-5-4-6-21(22)26(32)30(25)29-24(31)15-33-23-13-12-20(27)14-17(23)3/h4-14,16,25,28H,15H2,1-3H3,(H,29,31). The molecule has 0 fully saturated rings. The van der Waals surface area contributed by atoms with E-state index in [4.69, 9.17) is 16.3 Å². The van der Waals surface area contributed by atoms with Gasteiger partial charge >= 0.3 is 0 Å². The van der Waals surface area contributed by atoms with Crippen molar-refractivity contribution in [2.75, 3.05) is 11.9 Å². The van der Waals surface area contributed by atoms with Crippen LogP contribution in [0.15, 0.2) is 66.7 Å². The maximum Gasteiger partial charge on any atom is 0.276 e. The van der Waals surface area contributed by atoms with Crippen LogP contribution < -0.4 is 15.5 Å². The molecule has 3 aromatic carbocycles. The van der Waals surface area contributed by atoms with Crippen molar-refractivity contribution in [2.24, 2.45) is 0 Å². The minimum Gasteiger partial charge on any atom is -0.483 e. The lowest BCUT2D eigenvalue weighted by molar-refractivity contribution is -0.127. The summed E-state index contributed by atoms with van der Waals surface area (Å²) in [5.41, 5.74) is 6.82. The van der Waals surface area contributed by atoms with Crippen molar-refractivity contribution >= 4 is 29.1 Å². The quantitative estimate of drug-likeness (QED) is 0.510. The molecule has 0 bridgehead atoms. The van der Waals surface area contributed by atoms with Gasteiger partial charge in [-0.2, -0.15) is 0 Å². The number of para-hydroxylation sites is 1. The Hall–Kier alpha value is -3.51. The molecule has 6 nitrogen and oxygen atoms in total. The Morgan fingerprint density at radius 3 is 2.55 bits per heavy atom. The third-order valence-electron chi connectivity index (χ3n) is 5.59. The number of benzene rings is 3. The average Bonchev–Trinajstić information content (AvgIpc) is 2.80. The number of aryl methyl sites for hydroxylation is 1. The molecule has 1 unspecified atom stereocenters. The first-order chi connectivity index (χ1) is 15.8. The zero-order chi connectivity index (χ0) is 23.5. The highest BCUT2D eigenvalue weighted by Gasteiger charge is 2.34. The van der Waals surface area contributed by atoms with E-state index >= 15 is 0 Å². The van der Waals surface area contributed by atoms with Gasteiger partial charge in [-0.05, 0) is 59.9 Å². The number of halogens is 1. The molecular formula is C26H26ClN3O3. The molecule has 7 heteroatoms. The fourth-order valence-corrected chi connectivity index (χ4v) is 3.98. The van der Waals surface area contributed by atoms with Crippen LogP contribution in [0.4, 0.5) is 5.69 Å². The molecule has 33 heavy (non-hydrogen) atoms. The van der Waals surface area contributed by atoms with Crippen LogP contribution in [0.5, 0.6) is 5.75 Å². The molecule has 1 atom stereocenters. The highest BCUT2D eigenvalue weighted by molar-refractivity contribution is 6.30. The number of fused-ring (bicyclic) bond motifs is 1. The lowest BCUT2D eigenvalue weighted by atomic mass is 9.99. The molecule has 1 aliphatic heterocycles. The Bertz CT molecular complexity index is 1180. The van der Waals surface area contributed by atoms with Gasteiger partial charge in [-0.3, -0.25) is 15.0 Å². The smallest absolute Gasteiger partial charge is 0.276 e. The second-order valence-corrected chi connectivity index (χ2v) is 8.76. The number of anilines is 1. The lowest BCUT2D eigenvalue weighted by Gasteiger charge is -2.37. The number of carbonyl (C=O) groups is 2. The van der Waals surface area contributed by atoms with Gasteiger partial charge < -0.3 is 10.1 Å². The number of rotatable bonds is 6. The van der Waals surface area contributed by atoms with E-state index in [2.05, 4.69) is 24.6 Å². The summed E-state index contributed by atoms with van der Waals surface area (Å²) in [4.78, 5) is 26.0. The fraction of sp³-hybridized carbons (Fsp3) is 0.231. The Balaban J connectivity index is 1.56. The van der Waals surface area contributed by atoms with Crippen molar-refractivity contribution in [3.8, 4) is 5.75 Å². The average molecular weight is 464 g/mol. The first-order valence-corrected chi connectivity index (χ1v) is 11.2. The van der Waals surface area contributed by atoms with Gasteiger partial charge in [0.25, 0.3) is 11.8 Å². The molecule has 0 aliphatic carbocycles. The molecule has 0 saturated heterocycles. The van der Waals surface area contributed by atoms with Crippen molar-refractivity contribution in [3.05, 3.63) is 94.0 Å². The van der Waals surface area contributed by atoms with E-state index in [0.29, 0.717) is 22.3 Å². The van der Waals surface area contributed by atoms with Crippen molar-refractivity contribution in [1.29, 1.82) is 0 Å². The molecule has 2 N–H and O–H groups in total. The Morgan fingerprint density at radius 2 is 1.85 bits per heavy atom. The normalized spacial score (nSPS) is 15.1. The maximum absolute atomic E-state index is 13.3. The summed E-state index contributed by atoms with van der Waals surface area (Å²) in [5, 5.41) is 5.29. The lowest BCUT2D eigenvalue weighted by Crippen LogP contribution is -2.53. The minimum atomic E-state index is -0.560. The van der Waals surface area contributed by atoms with Gasteiger partial charge in [0, 0.05) is 10.7 Å². The van der Waals surface area contributed by atoms with E-state index in [1.807, 2.05) is 43.3 Å². The minimum absolute atomic E-state index is 0.243. The third kappa shape index (κ3) is 4.96. The number of carbonyl (C=O) groups excluding carboxylic acids is 2. The van der Waals surface area contributed by atoms with Gasteiger partial charge in [-0.15, -0.1) is 0 Å². The molecule has 0 spiro atoms. The summed E-state index contributed by atoms with van der Waals surface area (Å²) < 4.78 is 5.65. The fourth-order valence-electron chi connectivity index (χ4n) is 3.75. The van der Waals surface area contributed by atoms with Crippen LogP contribution >= 0.6 is 11.6 Å². The number of nitrogens with one attached hydrogen (secondary N) is 2. The molecule has 0 radical (unpaired) electrons. The van der Waals surface area contributed by atoms with Crippen molar-refractivity contribution < 1.29 is 14.3 Å². The van der Waals surface area contributed by atoms with Crippen LogP contribution in [0.25, 0.3) is 0 Å². The largest absolute Gasteiger partial charge is 0.483 e. The van der Waals surface area contributed by atoms with E-state index in [1.54, 1.807) is 30.3 Å². The molecule has 2 amide bonds. The third-order valence-corrected chi connectivity index (χ3v) is 5.82. The van der Waals surface area contributed by atoms with Crippen LogP contribution in [0.2, 0.25) is 5.02 Å². The predicted octanol–water partition coefficient (Wildman–Crippen LogP) is 5.45. The summed E-state index contributed by atoms with van der Waals surface area (Å²) in [5.74, 6) is 0.217. The van der Waals surface area contributed by atoms with Gasteiger partial charge in [0.1, 0.15) is 11.9 Å². The van der Waals surface area contributed by atoms with Crippen LogP contribution in [0, 0.1) is 6.92 Å². The zero-order valence-corrected chi connectivity index (χ0v) is 19.5. The van der Waals surface area contributed by atoms with Gasteiger partial charge in [-0.25, -0.2) is 5.01 Å². The molecule has 0 saturated carbocycles. The molecule has 3 aromatic rings. The molecule has 1 heterocycles. The second kappa shape index (κ2) is 9.55. The number of hydrazine groups is 1. The van der Waals surface area contributed by atoms with E-state index in [0.717, 1.165) is 16.8 Å². The SMILES string of the molecule is Cc1cc(Cl)ccc1OCC(=O)NN1C(=O)c2ccccc2NC1c1ccc(C(C)C)cc1. The second-order valence-electron chi connectivity index (χ2n) is 8.32. The Morgan fingerprint density at radius 1 is 1.12 bits per heavy atom. The number of hydrogen-bond acceptors (Lipinski definition) is 4. The summed E-state index contributed by atoms with van der Waals surface area (Å²) >= 11 is 5.98. The summed E-state index contributed by atoms with van der Waals surface area (Å²) in [6, 6.07) is 20.5. The molecule has 170 valence electrons. The van der Waals surface area contributed by atoms with Crippen molar-refractivity contribution in [2.45, 2.75) is 32.9 Å². The van der Waals surface area contributed by atoms with E-state index in [-0.39, 0.29) is 12.5 Å². The summed E-state index contributed by atoms with van der Waals surface area (Å²) in [6.07, 6.45) is -0.560. The molecular weight excluding hydrogens is 438 g/mol. The van der Waals surface area contributed by atoms with Crippen LogP contribution in [0.3, 0.4) is 0 Å². The summed E-state index contributed by atoms with van der Waals surface area (Å²) in [7, 11) is 0. The first-order valence-electron chi connectivity index (χ1n) is 10.8. The Labute approximate surface area is 198 Å². The summed E-state index contributed by atoms with van der Waals surface area (Å²) in [6.45, 7) is 5.86. The molecule has 0 aromatic heterocycles. The van der Waals surface area contributed by atoms with Crippen molar-refractivity contribution in [1.82, 2.24) is 10.4 Å². The monoisotopic (exact) mass is 463 g/mol. The topological polar surface area (TPSA) is 70.7 Å². The van der Waals surface area contributed by atoms with Crippen molar-refractivity contribution in [3.63, 3.8) is 0 Å². The highest BCUT2D eigenvalue weighted by Crippen LogP contribution is 2.32.